The summed E-state index contributed by atoms with van der Waals surface area (Å²) < 4.78 is 2.44. The molecule has 0 saturated heterocycles. The number of nitrogens with zero attached hydrogens (tertiary/aromatic N) is 1. The maximum atomic E-state index is 2.44. The second-order valence-corrected chi connectivity index (χ2v) is 8.72. The summed E-state index contributed by atoms with van der Waals surface area (Å²) in [7, 11) is 0. The second-order valence-electron chi connectivity index (χ2n) is 8.72. The van der Waals surface area contributed by atoms with Gasteiger partial charge in [-0.2, -0.15) is 0 Å². The monoisotopic (exact) mass is 423 g/mol. The van der Waals surface area contributed by atoms with Gasteiger partial charge in [-0.25, -0.2) is 0 Å². The maximum Gasteiger partial charge on any atom is 0.0576 e. The average Bonchev–Trinajstić information content (AvgIpc) is 3.21. The van der Waals surface area contributed by atoms with Gasteiger partial charge in [-0.15, -0.1) is 0 Å². The first kappa shape index (κ1) is 19.6. The molecule has 33 heavy (non-hydrogen) atoms. The van der Waals surface area contributed by atoms with Crippen molar-refractivity contribution in [3.05, 3.63) is 126 Å². The fourth-order valence-electron chi connectivity index (χ4n) is 5.11. The van der Waals surface area contributed by atoms with Gasteiger partial charge >= 0.3 is 0 Å². The summed E-state index contributed by atoms with van der Waals surface area (Å²) in [6.45, 7) is 4.46. The van der Waals surface area contributed by atoms with Crippen molar-refractivity contribution in [2.24, 2.45) is 0 Å². The highest BCUT2D eigenvalue weighted by atomic mass is 15.0. The predicted molar refractivity (Wildman–Crippen MR) is 141 cm³/mol. The van der Waals surface area contributed by atoms with Gasteiger partial charge in [-0.1, -0.05) is 97.1 Å². The predicted octanol–water partition coefficient (Wildman–Crippen LogP) is 8.73. The SMILES string of the molecule is Cc1ccccc1-c1ccc2c3ccccc3n(-c3cccc(-c4ccccc4)c3)c2c1C. The summed E-state index contributed by atoms with van der Waals surface area (Å²) >= 11 is 0. The normalized spacial score (nSPS) is 11.3. The number of fused-ring (bicyclic) bond motifs is 3. The van der Waals surface area contributed by atoms with Gasteiger partial charge in [0.2, 0.25) is 0 Å². The number of para-hydroxylation sites is 1. The first-order chi connectivity index (χ1) is 16.2. The molecule has 0 atom stereocenters. The molecule has 0 amide bonds. The molecule has 6 aromatic rings. The number of hydrogen-bond donors (Lipinski definition) is 0. The lowest BCUT2D eigenvalue weighted by Gasteiger charge is -2.15. The molecule has 0 aliphatic rings. The van der Waals surface area contributed by atoms with Crippen LogP contribution in [0.4, 0.5) is 0 Å². The van der Waals surface area contributed by atoms with E-state index in [0.717, 1.165) is 0 Å². The highest BCUT2D eigenvalue weighted by Crippen LogP contribution is 2.39. The zero-order valence-corrected chi connectivity index (χ0v) is 18.9. The molecular weight excluding hydrogens is 398 g/mol. The summed E-state index contributed by atoms with van der Waals surface area (Å²) in [5.74, 6) is 0. The van der Waals surface area contributed by atoms with Crippen molar-refractivity contribution < 1.29 is 0 Å². The summed E-state index contributed by atoms with van der Waals surface area (Å²) in [6, 6.07) is 41.5. The lowest BCUT2D eigenvalue weighted by atomic mass is 9.95. The summed E-state index contributed by atoms with van der Waals surface area (Å²) in [5.41, 5.74) is 11.4. The molecule has 0 saturated carbocycles. The van der Waals surface area contributed by atoms with Crippen molar-refractivity contribution in [1.82, 2.24) is 4.57 Å². The van der Waals surface area contributed by atoms with E-state index in [0.29, 0.717) is 0 Å². The van der Waals surface area contributed by atoms with Crippen molar-refractivity contribution in [2.75, 3.05) is 0 Å². The van der Waals surface area contributed by atoms with Gasteiger partial charge in [0.1, 0.15) is 0 Å². The minimum atomic E-state index is 1.19. The summed E-state index contributed by atoms with van der Waals surface area (Å²) in [4.78, 5) is 0. The molecular formula is C32H25N. The minimum absolute atomic E-state index is 1.19. The first-order valence-electron chi connectivity index (χ1n) is 11.5. The number of hydrogen-bond acceptors (Lipinski definition) is 0. The van der Waals surface area contributed by atoms with Gasteiger partial charge in [0.25, 0.3) is 0 Å². The molecule has 158 valence electrons. The Morgan fingerprint density at radius 1 is 0.515 bits per heavy atom. The van der Waals surface area contributed by atoms with Gasteiger partial charge in [-0.3, -0.25) is 0 Å². The smallest absolute Gasteiger partial charge is 0.0576 e. The molecule has 1 heteroatoms. The zero-order valence-electron chi connectivity index (χ0n) is 18.9. The van der Waals surface area contributed by atoms with Crippen LogP contribution in [0.25, 0.3) is 49.7 Å². The number of aryl methyl sites for hydroxylation is 2. The number of rotatable bonds is 3. The molecule has 0 radical (unpaired) electrons. The van der Waals surface area contributed by atoms with Gasteiger partial charge in [-0.05, 0) is 65.4 Å². The lowest BCUT2D eigenvalue weighted by molar-refractivity contribution is 1.17. The van der Waals surface area contributed by atoms with Gasteiger partial charge in [0.05, 0.1) is 11.0 Å². The van der Waals surface area contributed by atoms with Crippen molar-refractivity contribution >= 4 is 21.8 Å². The Bertz CT molecular complexity index is 1620. The molecule has 0 unspecified atom stereocenters. The summed E-state index contributed by atoms with van der Waals surface area (Å²) in [6.07, 6.45) is 0. The first-order valence-corrected chi connectivity index (χ1v) is 11.5. The fourth-order valence-corrected chi connectivity index (χ4v) is 5.11. The lowest BCUT2D eigenvalue weighted by Crippen LogP contribution is -1.97. The number of benzene rings is 5. The Morgan fingerprint density at radius 3 is 2.09 bits per heavy atom. The van der Waals surface area contributed by atoms with Crippen LogP contribution < -0.4 is 0 Å². The molecule has 0 N–H and O–H groups in total. The van der Waals surface area contributed by atoms with E-state index < -0.39 is 0 Å². The van der Waals surface area contributed by atoms with E-state index in [9.17, 15) is 0 Å². The Kier molecular flexibility index (Phi) is 4.62. The van der Waals surface area contributed by atoms with Crippen LogP contribution in [0, 0.1) is 13.8 Å². The van der Waals surface area contributed by atoms with Crippen LogP contribution >= 0.6 is 0 Å². The van der Waals surface area contributed by atoms with E-state index in [4.69, 9.17) is 0 Å². The standard InChI is InChI=1S/C32H25N/c1-22-11-6-7-16-27(22)28-19-20-30-29-17-8-9-18-31(29)33(32(30)23(28)2)26-15-10-14-25(21-26)24-12-4-3-5-13-24/h3-21H,1-2H3. The molecule has 0 aliphatic carbocycles. The van der Waals surface area contributed by atoms with E-state index in [2.05, 4.69) is 134 Å². The van der Waals surface area contributed by atoms with Gasteiger partial charge in [0.15, 0.2) is 0 Å². The Morgan fingerprint density at radius 2 is 1.24 bits per heavy atom. The van der Waals surface area contributed by atoms with Crippen LogP contribution in [0.15, 0.2) is 115 Å². The molecule has 1 heterocycles. The fraction of sp³-hybridized carbons (Fsp3) is 0.0625. The quantitative estimate of drug-likeness (QED) is 0.268. The number of aromatic nitrogens is 1. The molecule has 0 aliphatic heterocycles. The van der Waals surface area contributed by atoms with Crippen LogP contribution in [-0.2, 0) is 0 Å². The van der Waals surface area contributed by atoms with E-state index in [1.165, 1.54) is 60.9 Å². The molecule has 0 bridgehead atoms. The third kappa shape index (κ3) is 3.16. The van der Waals surface area contributed by atoms with Crippen molar-refractivity contribution in [3.63, 3.8) is 0 Å². The maximum absolute atomic E-state index is 2.44. The van der Waals surface area contributed by atoms with Crippen LogP contribution in [-0.4, -0.2) is 4.57 Å². The Hall–Kier alpha value is -4.10. The molecule has 0 fully saturated rings. The second kappa shape index (κ2) is 7.79. The topological polar surface area (TPSA) is 4.93 Å². The van der Waals surface area contributed by atoms with Crippen LogP contribution in [0.3, 0.4) is 0 Å². The summed E-state index contributed by atoms with van der Waals surface area (Å²) in [5, 5.41) is 2.59. The average molecular weight is 424 g/mol. The third-order valence-corrected chi connectivity index (χ3v) is 6.74. The van der Waals surface area contributed by atoms with E-state index in [1.807, 2.05) is 0 Å². The molecule has 5 aromatic carbocycles. The highest BCUT2D eigenvalue weighted by molar-refractivity contribution is 6.11. The minimum Gasteiger partial charge on any atom is -0.309 e. The molecule has 1 aromatic heterocycles. The molecule has 0 spiro atoms. The van der Waals surface area contributed by atoms with E-state index in [-0.39, 0.29) is 0 Å². The van der Waals surface area contributed by atoms with Crippen molar-refractivity contribution in [1.29, 1.82) is 0 Å². The Labute approximate surface area is 194 Å². The largest absolute Gasteiger partial charge is 0.309 e. The van der Waals surface area contributed by atoms with Crippen LogP contribution in [0.2, 0.25) is 0 Å². The van der Waals surface area contributed by atoms with Gasteiger partial charge < -0.3 is 4.57 Å². The highest BCUT2D eigenvalue weighted by Gasteiger charge is 2.17. The van der Waals surface area contributed by atoms with E-state index >= 15 is 0 Å². The van der Waals surface area contributed by atoms with Crippen molar-refractivity contribution in [3.8, 4) is 27.9 Å². The van der Waals surface area contributed by atoms with Crippen LogP contribution in [0.1, 0.15) is 11.1 Å². The van der Waals surface area contributed by atoms with Crippen molar-refractivity contribution in [2.45, 2.75) is 13.8 Å². The zero-order chi connectivity index (χ0) is 22.4. The van der Waals surface area contributed by atoms with E-state index in [1.54, 1.807) is 0 Å². The van der Waals surface area contributed by atoms with Crippen LogP contribution in [0.5, 0.6) is 0 Å². The van der Waals surface area contributed by atoms with Gasteiger partial charge in [0, 0.05) is 16.5 Å². The Balaban J connectivity index is 1.68. The molecule has 1 nitrogen and oxygen atoms in total. The molecule has 6 rings (SSSR count). The third-order valence-electron chi connectivity index (χ3n) is 6.74.